The fraction of sp³-hybridized carbons (Fsp3) is 0.350. The van der Waals surface area contributed by atoms with Gasteiger partial charge in [0.2, 0.25) is 5.91 Å². The lowest BCUT2D eigenvalue weighted by molar-refractivity contribution is -0.120. The van der Waals surface area contributed by atoms with Crippen LogP contribution in [-0.2, 0) is 17.8 Å². The Labute approximate surface area is 156 Å². The molecule has 0 spiro atoms. The van der Waals surface area contributed by atoms with Gasteiger partial charge in [0, 0.05) is 30.6 Å². The second kappa shape index (κ2) is 7.84. The zero-order chi connectivity index (χ0) is 18.6. The molecule has 0 radical (unpaired) electrons. The third kappa shape index (κ3) is 3.83. The summed E-state index contributed by atoms with van der Waals surface area (Å²) in [5, 5.41) is 12.1. The summed E-state index contributed by atoms with van der Waals surface area (Å²) < 4.78 is 15.5. The van der Waals surface area contributed by atoms with Crippen molar-refractivity contribution in [3.63, 3.8) is 0 Å². The highest BCUT2D eigenvalue weighted by Crippen LogP contribution is 2.27. The van der Waals surface area contributed by atoms with Crippen molar-refractivity contribution in [1.82, 2.24) is 25.4 Å². The lowest BCUT2D eigenvalue weighted by atomic mass is 10.0. The fourth-order valence-corrected chi connectivity index (χ4v) is 3.56. The number of nitrogens with one attached hydrogen (secondary N) is 2. The van der Waals surface area contributed by atoms with E-state index in [-0.39, 0.29) is 18.1 Å². The van der Waals surface area contributed by atoms with Gasteiger partial charge in [0.1, 0.15) is 5.82 Å². The van der Waals surface area contributed by atoms with Gasteiger partial charge in [-0.05, 0) is 36.7 Å². The predicted molar refractivity (Wildman–Crippen MR) is 101 cm³/mol. The zero-order valence-electron chi connectivity index (χ0n) is 15.0. The summed E-state index contributed by atoms with van der Waals surface area (Å²) in [6.07, 6.45) is 2.86. The minimum absolute atomic E-state index is 0.0315. The molecule has 4 rings (SSSR count). The summed E-state index contributed by atoms with van der Waals surface area (Å²) >= 11 is 0. The van der Waals surface area contributed by atoms with Crippen LogP contribution in [0.15, 0.2) is 42.6 Å². The molecular weight excluding hydrogens is 345 g/mol. The molecule has 1 aliphatic rings. The standard InChI is InChI=1S/C20H22FN5O/c21-17-6-2-1-4-14(17)12-18(27)23-10-11-26-20-16(5-3-8-24-20)19(25-26)15-7-9-22-13-15/h1-6,8,15,22H,7,9-13H2,(H,23,27)/t15-/m0/s1. The second-order valence-corrected chi connectivity index (χ2v) is 6.79. The molecule has 1 aromatic carbocycles. The number of carbonyl (C=O) groups excluding carboxylic acids is 1. The topological polar surface area (TPSA) is 71.8 Å². The summed E-state index contributed by atoms with van der Waals surface area (Å²) in [7, 11) is 0. The van der Waals surface area contributed by atoms with E-state index >= 15 is 0 Å². The van der Waals surface area contributed by atoms with Crippen molar-refractivity contribution in [2.24, 2.45) is 0 Å². The van der Waals surface area contributed by atoms with Crippen molar-refractivity contribution in [3.05, 3.63) is 59.7 Å². The number of nitrogens with zero attached hydrogens (tertiary/aromatic N) is 3. The van der Waals surface area contributed by atoms with Gasteiger partial charge in [-0.1, -0.05) is 18.2 Å². The van der Waals surface area contributed by atoms with E-state index in [4.69, 9.17) is 5.10 Å². The van der Waals surface area contributed by atoms with Crippen LogP contribution in [0.2, 0.25) is 0 Å². The smallest absolute Gasteiger partial charge is 0.224 e. The molecule has 0 aliphatic carbocycles. The molecule has 1 aliphatic heterocycles. The third-order valence-electron chi connectivity index (χ3n) is 4.94. The summed E-state index contributed by atoms with van der Waals surface area (Å²) in [6, 6.07) is 10.3. The average Bonchev–Trinajstić information content (AvgIpc) is 3.32. The largest absolute Gasteiger partial charge is 0.354 e. The molecule has 0 unspecified atom stereocenters. The highest BCUT2D eigenvalue weighted by molar-refractivity contribution is 5.79. The monoisotopic (exact) mass is 367 g/mol. The molecular formula is C20H22FN5O. The van der Waals surface area contributed by atoms with E-state index in [9.17, 15) is 9.18 Å². The van der Waals surface area contributed by atoms with E-state index in [1.165, 1.54) is 6.07 Å². The SMILES string of the molecule is O=C(Cc1ccccc1F)NCCn1nc([C@H]2CCNC2)c2cccnc21. The molecule has 3 aromatic rings. The van der Waals surface area contributed by atoms with Gasteiger partial charge in [-0.15, -0.1) is 0 Å². The quantitative estimate of drug-likeness (QED) is 0.699. The highest BCUT2D eigenvalue weighted by atomic mass is 19.1. The normalized spacial score (nSPS) is 16.7. The second-order valence-electron chi connectivity index (χ2n) is 6.79. The van der Waals surface area contributed by atoms with Gasteiger partial charge in [0.15, 0.2) is 5.65 Å². The van der Waals surface area contributed by atoms with Gasteiger partial charge in [-0.25, -0.2) is 14.1 Å². The number of benzene rings is 1. The Morgan fingerprint density at radius 1 is 1.30 bits per heavy atom. The van der Waals surface area contributed by atoms with Crippen molar-refractivity contribution in [1.29, 1.82) is 0 Å². The van der Waals surface area contributed by atoms with Gasteiger partial charge in [-0.3, -0.25) is 4.79 Å². The van der Waals surface area contributed by atoms with Crippen LogP contribution in [0.25, 0.3) is 11.0 Å². The molecule has 0 saturated carbocycles. The van der Waals surface area contributed by atoms with Crippen LogP contribution in [0, 0.1) is 5.82 Å². The van der Waals surface area contributed by atoms with Crippen molar-refractivity contribution in [2.75, 3.05) is 19.6 Å². The van der Waals surface area contributed by atoms with Gasteiger partial charge >= 0.3 is 0 Å². The summed E-state index contributed by atoms with van der Waals surface area (Å²) in [6.45, 7) is 2.88. The van der Waals surface area contributed by atoms with Crippen LogP contribution in [0.5, 0.6) is 0 Å². The molecule has 1 saturated heterocycles. The van der Waals surface area contributed by atoms with E-state index in [0.717, 1.165) is 36.2 Å². The molecule has 1 fully saturated rings. The average molecular weight is 367 g/mol. The molecule has 7 heteroatoms. The van der Waals surface area contributed by atoms with Crippen LogP contribution in [0.4, 0.5) is 4.39 Å². The maximum Gasteiger partial charge on any atom is 0.224 e. The first-order valence-electron chi connectivity index (χ1n) is 9.24. The first-order chi connectivity index (χ1) is 13.2. The summed E-state index contributed by atoms with van der Waals surface area (Å²) in [5.74, 6) is -0.164. The van der Waals surface area contributed by atoms with Crippen LogP contribution in [0.1, 0.15) is 23.6 Å². The molecule has 27 heavy (non-hydrogen) atoms. The lowest BCUT2D eigenvalue weighted by Gasteiger charge is -2.07. The van der Waals surface area contributed by atoms with E-state index in [1.807, 2.05) is 10.7 Å². The first-order valence-corrected chi connectivity index (χ1v) is 9.24. The number of fused-ring (bicyclic) bond motifs is 1. The number of pyridine rings is 1. The fourth-order valence-electron chi connectivity index (χ4n) is 3.56. The molecule has 2 N–H and O–H groups in total. The zero-order valence-corrected chi connectivity index (χ0v) is 15.0. The Bertz CT molecular complexity index is 948. The van der Waals surface area contributed by atoms with E-state index in [0.29, 0.717) is 24.6 Å². The third-order valence-corrected chi connectivity index (χ3v) is 4.94. The Hall–Kier alpha value is -2.80. The highest BCUT2D eigenvalue weighted by Gasteiger charge is 2.23. The minimum atomic E-state index is -0.357. The van der Waals surface area contributed by atoms with E-state index in [2.05, 4.69) is 21.7 Å². The Morgan fingerprint density at radius 3 is 3.00 bits per heavy atom. The van der Waals surface area contributed by atoms with Gasteiger partial charge in [0.05, 0.1) is 18.7 Å². The molecule has 6 nitrogen and oxygen atoms in total. The van der Waals surface area contributed by atoms with Crippen LogP contribution in [0.3, 0.4) is 0 Å². The van der Waals surface area contributed by atoms with Crippen LogP contribution in [-0.4, -0.2) is 40.3 Å². The number of carbonyl (C=O) groups is 1. The molecule has 2 aromatic heterocycles. The van der Waals surface area contributed by atoms with E-state index in [1.54, 1.807) is 24.4 Å². The molecule has 0 bridgehead atoms. The van der Waals surface area contributed by atoms with Gasteiger partial charge < -0.3 is 10.6 Å². The van der Waals surface area contributed by atoms with Crippen LogP contribution >= 0.6 is 0 Å². The lowest BCUT2D eigenvalue weighted by Crippen LogP contribution is -2.29. The molecule has 3 heterocycles. The van der Waals surface area contributed by atoms with Crippen molar-refractivity contribution in [3.8, 4) is 0 Å². The Kier molecular flexibility index (Phi) is 5.11. The number of hydrogen-bond acceptors (Lipinski definition) is 4. The van der Waals surface area contributed by atoms with Crippen molar-refractivity contribution >= 4 is 16.9 Å². The maximum absolute atomic E-state index is 13.7. The summed E-state index contributed by atoms with van der Waals surface area (Å²) in [4.78, 5) is 16.6. The van der Waals surface area contributed by atoms with Crippen molar-refractivity contribution < 1.29 is 9.18 Å². The van der Waals surface area contributed by atoms with Crippen molar-refractivity contribution in [2.45, 2.75) is 25.3 Å². The number of hydrogen-bond donors (Lipinski definition) is 2. The molecule has 140 valence electrons. The number of amides is 1. The number of rotatable bonds is 6. The van der Waals surface area contributed by atoms with Gasteiger partial charge in [0.25, 0.3) is 0 Å². The molecule has 1 atom stereocenters. The Balaban J connectivity index is 1.42. The van der Waals surface area contributed by atoms with Crippen LogP contribution < -0.4 is 10.6 Å². The first kappa shape index (κ1) is 17.6. The molecule has 1 amide bonds. The summed E-state index contributed by atoms with van der Waals surface area (Å²) in [5.41, 5.74) is 2.31. The number of aromatic nitrogens is 3. The maximum atomic E-state index is 13.7. The minimum Gasteiger partial charge on any atom is -0.354 e. The van der Waals surface area contributed by atoms with E-state index < -0.39 is 0 Å². The Morgan fingerprint density at radius 2 is 2.19 bits per heavy atom. The van der Waals surface area contributed by atoms with Gasteiger partial charge in [-0.2, -0.15) is 5.10 Å². The predicted octanol–water partition coefficient (Wildman–Crippen LogP) is 2.01. The number of halogens is 1.